The number of carbonyl (C=O) groups excluding carboxylic acids is 1. The Morgan fingerprint density at radius 2 is 1.88 bits per heavy atom. The van der Waals surface area contributed by atoms with Gasteiger partial charge in [-0.05, 0) is 17.7 Å². The molecule has 0 atom stereocenters. The monoisotopic (exact) mass is 226 g/mol. The fourth-order valence-electron chi connectivity index (χ4n) is 1.31. The Bertz CT molecular complexity index is 386. The number of ether oxygens (including phenoxy) is 3. The minimum Gasteiger partial charge on any atom is -0.493 e. The summed E-state index contributed by atoms with van der Waals surface area (Å²) in [4.78, 5) is 10.9. The molecule has 0 aliphatic rings. The molecule has 5 nitrogen and oxygen atoms in total. The van der Waals surface area contributed by atoms with E-state index in [1.807, 2.05) is 0 Å². The molecular formula is C11H14O5. The maximum atomic E-state index is 10.9. The lowest BCUT2D eigenvalue weighted by molar-refractivity contribution is -0.132. The van der Waals surface area contributed by atoms with E-state index in [2.05, 4.69) is 0 Å². The highest BCUT2D eigenvalue weighted by Crippen LogP contribution is 2.38. The third-order valence-electron chi connectivity index (χ3n) is 1.94. The number of esters is 1. The summed E-state index contributed by atoms with van der Waals surface area (Å²) < 4.78 is 15.1. The molecule has 0 fully saturated rings. The van der Waals surface area contributed by atoms with E-state index in [4.69, 9.17) is 19.3 Å². The molecule has 88 valence electrons. The van der Waals surface area contributed by atoms with E-state index in [1.54, 1.807) is 6.07 Å². The predicted octanol–water partition coefficient (Wildman–Crippen LogP) is 1.12. The molecule has 1 rings (SSSR count). The summed E-state index contributed by atoms with van der Waals surface area (Å²) in [5, 5.41) is 9.04. The van der Waals surface area contributed by atoms with Gasteiger partial charge < -0.3 is 19.3 Å². The largest absolute Gasteiger partial charge is 0.493 e. The van der Waals surface area contributed by atoms with Gasteiger partial charge in [0.05, 0.1) is 20.8 Å². The van der Waals surface area contributed by atoms with Crippen molar-refractivity contribution >= 4 is 5.97 Å². The van der Waals surface area contributed by atoms with Crippen molar-refractivity contribution in [3.63, 3.8) is 0 Å². The fourth-order valence-corrected chi connectivity index (χ4v) is 1.31. The number of hydrogen-bond acceptors (Lipinski definition) is 5. The Kier molecular flexibility index (Phi) is 4.13. The average Bonchev–Trinajstić information content (AvgIpc) is 2.27. The summed E-state index contributed by atoms with van der Waals surface area (Å²) >= 11 is 0. The van der Waals surface area contributed by atoms with E-state index in [-0.39, 0.29) is 12.4 Å². The number of aliphatic hydroxyl groups is 1. The molecule has 0 aromatic heterocycles. The van der Waals surface area contributed by atoms with Gasteiger partial charge in [0, 0.05) is 6.92 Å². The topological polar surface area (TPSA) is 65.0 Å². The summed E-state index contributed by atoms with van der Waals surface area (Å²) in [5.41, 5.74) is 0.578. The van der Waals surface area contributed by atoms with Gasteiger partial charge >= 0.3 is 5.97 Å². The second-order valence-corrected chi connectivity index (χ2v) is 3.08. The standard InChI is InChI=1S/C11H14O5/c1-7(13)16-10-5-8(6-12)4-9(14-2)11(10)15-3/h4-5,12H,6H2,1-3H3. The third kappa shape index (κ3) is 2.64. The van der Waals surface area contributed by atoms with Gasteiger partial charge in [0.25, 0.3) is 0 Å². The van der Waals surface area contributed by atoms with Gasteiger partial charge in [-0.25, -0.2) is 0 Å². The minimum atomic E-state index is -0.463. The van der Waals surface area contributed by atoms with Crippen LogP contribution in [0.25, 0.3) is 0 Å². The minimum absolute atomic E-state index is 0.172. The van der Waals surface area contributed by atoms with Crippen molar-refractivity contribution in [3.8, 4) is 17.2 Å². The Hall–Kier alpha value is -1.75. The number of carbonyl (C=O) groups is 1. The number of hydrogen-bond donors (Lipinski definition) is 1. The van der Waals surface area contributed by atoms with Crippen LogP contribution in [0.2, 0.25) is 0 Å². The van der Waals surface area contributed by atoms with Gasteiger partial charge in [-0.1, -0.05) is 0 Å². The first-order valence-corrected chi connectivity index (χ1v) is 4.66. The van der Waals surface area contributed by atoms with E-state index in [9.17, 15) is 4.79 Å². The van der Waals surface area contributed by atoms with E-state index >= 15 is 0 Å². The SMILES string of the molecule is COc1cc(CO)cc(OC(C)=O)c1OC. The molecule has 0 heterocycles. The lowest BCUT2D eigenvalue weighted by Crippen LogP contribution is -2.05. The number of rotatable bonds is 4. The Labute approximate surface area is 93.6 Å². The molecule has 0 amide bonds. The van der Waals surface area contributed by atoms with Gasteiger partial charge in [0.2, 0.25) is 5.75 Å². The number of aliphatic hydroxyl groups excluding tert-OH is 1. The first kappa shape index (κ1) is 12.3. The molecule has 0 saturated carbocycles. The Morgan fingerprint density at radius 3 is 2.31 bits per heavy atom. The molecule has 1 aromatic rings. The van der Waals surface area contributed by atoms with E-state index in [1.165, 1.54) is 27.2 Å². The van der Waals surface area contributed by atoms with Gasteiger partial charge in [-0.3, -0.25) is 4.79 Å². The Balaban J connectivity index is 3.25. The van der Waals surface area contributed by atoms with Crippen molar-refractivity contribution in [2.75, 3.05) is 14.2 Å². The fraction of sp³-hybridized carbons (Fsp3) is 0.364. The molecule has 1 N–H and O–H groups in total. The second kappa shape index (κ2) is 5.37. The van der Waals surface area contributed by atoms with Gasteiger partial charge in [-0.2, -0.15) is 0 Å². The van der Waals surface area contributed by atoms with Crippen LogP contribution < -0.4 is 14.2 Å². The van der Waals surface area contributed by atoms with E-state index < -0.39 is 5.97 Å². The maximum absolute atomic E-state index is 10.9. The number of benzene rings is 1. The summed E-state index contributed by atoms with van der Waals surface area (Å²) in [6, 6.07) is 3.15. The molecule has 5 heteroatoms. The molecule has 16 heavy (non-hydrogen) atoms. The smallest absolute Gasteiger partial charge is 0.308 e. The highest BCUT2D eigenvalue weighted by atomic mass is 16.6. The third-order valence-corrected chi connectivity index (χ3v) is 1.94. The predicted molar refractivity (Wildman–Crippen MR) is 56.8 cm³/mol. The van der Waals surface area contributed by atoms with Crippen molar-refractivity contribution < 1.29 is 24.1 Å². The first-order valence-electron chi connectivity index (χ1n) is 4.66. The summed E-state index contributed by atoms with van der Waals surface area (Å²) in [5.74, 6) is 0.508. The van der Waals surface area contributed by atoms with Crippen molar-refractivity contribution in [1.82, 2.24) is 0 Å². The van der Waals surface area contributed by atoms with Crippen LogP contribution in [0.5, 0.6) is 17.2 Å². The van der Waals surface area contributed by atoms with Crippen LogP contribution in [0, 0.1) is 0 Å². The molecular weight excluding hydrogens is 212 g/mol. The molecule has 1 aromatic carbocycles. The summed E-state index contributed by atoms with van der Waals surface area (Å²) in [6.45, 7) is 1.12. The van der Waals surface area contributed by atoms with Crippen LogP contribution in [0.15, 0.2) is 12.1 Å². The van der Waals surface area contributed by atoms with Gasteiger partial charge in [0.1, 0.15) is 0 Å². The molecule has 0 saturated heterocycles. The van der Waals surface area contributed by atoms with Crippen molar-refractivity contribution in [2.24, 2.45) is 0 Å². The quantitative estimate of drug-likeness (QED) is 0.615. The Morgan fingerprint density at radius 1 is 1.25 bits per heavy atom. The highest BCUT2D eigenvalue weighted by molar-refractivity contribution is 5.71. The molecule has 0 aliphatic heterocycles. The van der Waals surface area contributed by atoms with Crippen LogP contribution in [0.3, 0.4) is 0 Å². The zero-order valence-electron chi connectivity index (χ0n) is 9.44. The number of methoxy groups -OCH3 is 2. The molecule has 0 spiro atoms. The van der Waals surface area contributed by atoms with Crippen LogP contribution in [-0.2, 0) is 11.4 Å². The maximum Gasteiger partial charge on any atom is 0.308 e. The molecule has 0 unspecified atom stereocenters. The van der Waals surface area contributed by atoms with E-state index in [0.717, 1.165) is 0 Å². The van der Waals surface area contributed by atoms with Crippen LogP contribution in [0.4, 0.5) is 0 Å². The molecule has 0 bridgehead atoms. The summed E-state index contributed by atoms with van der Waals surface area (Å²) in [6.07, 6.45) is 0. The van der Waals surface area contributed by atoms with Gasteiger partial charge in [-0.15, -0.1) is 0 Å². The van der Waals surface area contributed by atoms with Crippen LogP contribution >= 0.6 is 0 Å². The van der Waals surface area contributed by atoms with E-state index in [0.29, 0.717) is 17.1 Å². The second-order valence-electron chi connectivity index (χ2n) is 3.08. The molecule has 0 aliphatic carbocycles. The molecule has 0 radical (unpaired) electrons. The summed E-state index contributed by atoms with van der Waals surface area (Å²) in [7, 11) is 2.92. The zero-order valence-corrected chi connectivity index (χ0v) is 9.44. The average molecular weight is 226 g/mol. The lowest BCUT2D eigenvalue weighted by atomic mass is 10.2. The van der Waals surface area contributed by atoms with Crippen LogP contribution in [0.1, 0.15) is 12.5 Å². The van der Waals surface area contributed by atoms with Gasteiger partial charge in [0.15, 0.2) is 11.5 Å². The van der Waals surface area contributed by atoms with Crippen molar-refractivity contribution in [1.29, 1.82) is 0 Å². The van der Waals surface area contributed by atoms with Crippen molar-refractivity contribution in [2.45, 2.75) is 13.5 Å². The highest BCUT2D eigenvalue weighted by Gasteiger charge is 2.14. The normalized spacial score (nSPS) is 9.75. The first-order chi connectivity index (χ1) is 7.62. The lowest BCUT2D eigenvalue weighted by Gasteiger charge is -2.13. The zero-order chi connectivity index (χ0) is 12.1. The van der Waals surface area contributed by atoms with Crippen molar-refractivity contribution in [3.05, 3.63) is 17.7 Å². The van der Waals surface area contributed by atoms with Crippen LogP contribution in [-0.4, -0.2) is 25.3 Å².